The van der Waals surface area contributed by atoms with E-state index in [1.165, 1.54) is 47.8 Å². The Morgan fingerprint density at radius 2 is 1.22 bits per heavy atom. The maximum atomic E-state index is 6.95. The molecule has 0 radical (unpaired) electrons. The fourth-order valence-electron chi connectivity index (χ4n) is 7.87. The molecule has 0 saturated heterocycles. The van der Waals surface area contributed by atoms with Gasteiger partial charge in [-0.1, -0.05) is 111 Å². The second kappa shape index (κ2) is 9.32. The summed E-state index contributed by atoms with van der Waals surface area (Å²) < 4.78 is 9.52. The Hall–Kier alpha value is -5.38. The Kier molecular flexibility index (Phi) is 5.25. The Morgan fingerprint density at radius 3 is 2.15 bits per heavy atom. The molecule has 2 nitrogen and oxygen atoms in total. The molecule has 46 heavy (non-hydrogen) atoms. The summed E-state index contributed by atoms with van der Waals surface area (Å²) in [4.78, 5) is 2.44. The third-order valence-corrected chi connectivity index (χ3v) is 11.2. The average molecular weight is 608 g/mol. The number of hydrogen-bond acceptors (Lipinski definition) is 3. The average Bonchev–Trinajstić information content (AvgIpc) is 3.74. The number of hydrogen-bond donors (Lipinski definition) is 0. The number of rotatable bonds is 3. The van der Waals surface area contributed by atoms with E-state index >= 15 is 0 Å². The van der Waals surface area contributed by atoms with E-state index in [0.29, 0.717) is 0 Å². The smallest absolute Gasteiger partial charge is 0.159 e. The van der Waals surface area contributed by atoms with Crippen LogP contribution in [0.3, 0.4) is 0 Å². The van der Waals surface area contributed by atoms with Crippen molar-refractivity contribution < 1.29 is 4.42 Å². The Bertz CT molecular complexity index is 2690. The number of nitrogens with zero attached hydrogens (tertiary/aromatic N) is 1. The van der Waals surface area contributed by atoms with E-state index in [2.05, 4.69) is 158 Å². The topological polar surface area (TPSA) is 16.4 Å². The molecule has 1 aliphatic carbocycles. The number of anilines is 3. The summed E-state index contributed by atoms with van der Waals surface area (Å²) in [6.07, 6.45) is 0. The maximum Gasteiger partial charge on any atom is 0.159 e. The Morgan fingerprint density at radius 1 is 0.522 bits per heavy atom. The van der Waals surface area contributed by atoms with E-state index in [1.807, 2.05) is 11.3 Å². The van der Waals surface area contributed by atoms with Crippen molar-refractivity contribution in [3.05, 3.63) is 151 Å². The van der Waals surface area contributed by atoms with Crippen molar-refractivity contribution in [1.82, 2.24) is 0 Å². The van der Waals surface area contributed by atoms with Crippen molar-refractivity contribution in [3.63, 3.8) is 0 Å². The Labute approximate surface area is 270 Å². The lowest BCUT2D eigenvalue weighted by Gasteiger charge is -2.28. The molecule has 3 heteroatoms. The van der Waals surface area contributed by atoms with Gasteiger partial charge in [-0.3, -0.25) is 0 Å². The molecule has 0 unspecified atom stereocenters. The van der Waals surface area contributed by atoms with Gasteiger partial charge in [0.2, 0.25) is 0 Å². The van der Waals surface area contributed by atoms with E-state index in [4.69, 9.17) is 4.42 Å². The summed E-state index contributed by atoms with van der Waals surface area (Å²) in [5.74, 6) is 0. The molecule has 10 rings (SSSR count). The van der Waals surface area contributed by atoms with Crippen LogP contribution >= 0.6 is 11.3 Å². The number of fused-ring (bicyclic) bond motifs is 11. The van der Waals surface area contributed by atoms with Crippen molar-refractivity contribution in [3.8, 4) is 11.1 Å². The summed E-state index contributed by atoms with van der Waals surface area (Å²) in [5, 5.41) is 7.13. The van der Waals surface area contributed by atoms with E-state index in [1.54, 1.807) is 0 Å². The predicted molar refractivity (Wildman–Crippen MR) is 196 cm³/mol. The number of furan rings is 1. The lowest BCUT2D eigenvalue weighted by molar-refractivity contribution is 0.660. The van der Waals surface area contributed by atoms with Crippen LogP contribution < -0.4 is 4.90 Å². The molecule has 0 N–H and O–H groups in total. The second-order valence-electron chi connectivity index (χ2n) is 12.9. The number of para-hydroxylation sites is 1. The molecule has 0 spiro atoms. The van der Waals surface area contributed by atoms with Gasteiger partial charge in [0.1, 0.15) is 5.58 Å². The molecule has 0 bridgehead atoms. The first-order valence-electron chi connectivity index (χ1n) is 15.9. The van der Waals surface area contributed by atoms with Crippen LogP contribution in [0.15, 0.2) is 144 Å². The van der Waals surface area contributed by atoms with Gasteiger partial charge in [-0.25, -0.2) is 0 Å². The first kappa shape index (κ1) is 25.9. The van der Waals surface area contributed by atoms with Crippen molar-refractivity contribution in [1.29, 1.82) is 0 Å². The zero-order valence-electron chi connectivity index (χ0n) is 25.5. The van der Waals surface area contributed by atoms with Gasteiger partial charge in [0.05, 0.1) is 11.4 Å². The second-order valence-corrected chi connectivity index (χ2v) is 14.0. The highest BCUT2D eigenvalue weighted by atomic mass is 32.1. The molecule has 0 fully saturated rings. The van der Waals surface area contributed by atoms with Gasteiger partial charge in [-0.15, -0.1) is 11.3 Å². The molecule has 2 heterocycles. The number of benzene rings is 7. The summed E-state index contributed by atoms with van der Waals surface area (Å²) in [6.45, 7) is 4.70. The standard InChI is InChI=1S/C43H29NOS/c1-43(2)34-16-7-5-13-29(34)30-24-22-27(25-35(30)43)44(36-17-10-20-39-40(36)33-14-6-8-19-38(33)46-39)37-18-9-15-31-32-23-21-26-11-3-4-12-28(26)41(32)45-42(31)37/h3-25H,1-2H3. The van der Waals surface area contributed by atoms with Crippen LogP contribution in [0.25, 0.3) is 64.0 Å². The maximum absolute atomic E-state index is 6.95. The van der Waals surface area contributed by atoms with E-state index in [0.717, 1.165) is 44.4 Å². The van der Waals surface area contributed by atoms with Gasteiger partial charge >= 0.3 is 0 Å². The van der Waals surface area contributed by atoms with Crippen LogP contribution in [0.1, 0.15) is 25.0 Å². The summed E-state index contributed by atoms with van der Waals surface area (Å²) in [7, 11) is 0. The van der Waals surface area contributed by atoms with Gasteiger partial charge in [0.25, 0.3) is 0 Å². The summed E-state index contributed by atoms with van der Waals surface area (Å²) in [5.41, 5.74) is 10.4. The monoisotopic (exact) mass is 607 g/mol. The molecule has 0 atom stereocenters. The van der Waals surface area contributed by atoms with Crippen LogP contribution in [-0.4, -0.2) is 0 Å². The third-order valence-electron chi connectivity index (χ3n) is 10.1. The highest BCUT2D eigenvalue weighted by Crippen LogP contribution is 2.52. The van der Waals surface area contributed by atoms with Crippen LogP contribution in [0, 0.1) is 0 Å². The van der Waals surface area contributed by atoms with Crippen LogP contribution in [0.5, 0.6) is 0 Å². The predicted octanol–water partition coefficient (Wildman–Crippen LogP) is 12.9. The van der Waals surface area contributed by atoms with Gasteiger partial charge in [-0.05, 0) is 70.1 Å². The quantitative estimate of drug-likeness (QED) is 0.199. The molecule has 9 aromatic rings. The largest absolute Gasteiger partial charge is 0.453 e. The van der Waals surface area contributed by atoms with Crippen molar-refractivity contribution in [2.75, 3.05) is 4.90 Å². The zero-order valence-corrected chi connectivity index (χ0v) is 26.4. The number of thiophene rings is 1. The van der Waals surface area contributed by atoms with E-state index in [9.17, 15) is 0 Å². The van der Waals surface area contributed by atoms with Crippen LogP contribution in [-0.2, 0) is 5.41 Å². The highest BCUT2D eigenvalue weighted by Gasteiger charge is 2.36. The van der Waals surface area contributed by atoms with Gasteiger partial charge in [-0.2, -0.15) is 0 Å². The Balaban J connectivity index is 1.30. The molecular weight excluding hydrogens is 579 g/mol. The lowest BCUT2D eigenvalue weighted by Crippen LogP contribution is -2.16. The van der Waals surface area contributed by atoms with E-state index < -0.39 is 0 Å². The molecule has 2 aromatic heterocycles. The normalized spacial score (nSPS) is 13.6. The van der Waals surface area contributed by atoms with Crippen LogP contribution in [0.2, 0.25) is 0 Å². The molecule has 0 amide bonds. The SMILES string of the molecule is CC1(C)c2ccccc2-c2ccc(N(c3cccc4c3oc3c5ccccc5ccc43)c3cccc4sc5ccccc5c34)cc21. The molecule has 1 aliphatic rings. The fourth-order valence-corrected chi connectivity index (χ4v) is 9.00. The molecule has 0 aliphatic heterocycles. The minimum absolute atomic E-state index is 0.112. The minimum Gasteiger partial charge on any atom is -0.453 e. The lowest BCUT2D eigenvalue weighted by atomic mass is 9.82. The first-order valence-corrected chi connectivity index (χ1v) is 16.7. The third kappa shape index (κ3) is 3.46. The van der Waals surface area contributed by atoms with Gasteiger partial charge in [0.15, 0.2) is 5.58 Å². The van der Waals surface area contributed by atoms with Crippen molar-refractivity contribution in [2.24, 2.45) is 0 Å². The molecular formula is C43H29NOS. The molecule has 0 saturated carbocycles. The summed E-state index contributed by atoms with van der Waals surface area (Å²) >= 11 is 1.85. The van der Waals surface area contributed by atoms with Gasteiger partial charge < -0.3 is 9.32 Å². The van der Waals surface area contributed by atoms with Crippen molar-refractivity contribution in [2.45, 2.75) is 19.3 Å². The highest BCUT2D eigenvalue weighted by molar-refractivity contribution is 7.26. The molecule has 7 aromatic carbocycles. The summed E-state index contributed by atoms with van der Waals surface area (Å²) in [6, 6.07) is 50.9. The molecule has 218 valence electrons. The minimum atomic E-state index is -0.112. The van der Waals surface area contributed by atoms with Crippen LogP contribution in [0.4, 0.5) is 17.1 Å². The van der Waals surface area contributed by atoms with E-state index in [-0.39, 0.29) is 5.41 Å². The van der Waals surface area contributed by atoms with Gasteiger partial charge in [0, 0.05) is 47.4 Å². The van der Waals surface area contributed by atoms with Crippen molar-refractivity contribution >= 4 is 81.3 Å². The fraction of sp³-hybridized carbons (Fsp3) is 0.0698. The zero-order chi connectivity index (χ0) is 30.6. The first-order chi connectivity index (χ1) is 22.6.